The highest BCUT2D eigenvalue weighted by Crippen LogP contribution is 2.26. The first-order valence-electron chi connectivity index (χ1n) is 7.63. The first-order valence-corrected chi connectivity index (χ1v) is 7.63. The van der Waals surface area contributed by atoms with Crippen LogP contribution in [0.4, 0.5) is 4.79 Å². The Morgan fingerprint density at radius 3 is 2.43 bits per heavy atom. The highest BCUT2D eigenvalue weighted by Gasteiger charge is 2.23. The van der Waals surface area contributed by atoms with Gasteiger partial charge in [-0.2, -0.15) is 0 Å². The molecule has 0 unspecified atom stereocenters. The molecule has 0 amide bonds. The van der Waals surface area contributed by atoms with E-state index in [1.807, 2.05) is 76.2 Å². The molecule has 0 aliphatic rings. The van der Waals surface area contributed by atoms with Crippen LogP contribution in [-0.4, -0.2) is 21.2 Å². The number of carbonyl (C=O) groups excluding carboxylic acids is 1. The van der Waals surface area contributed by atoms with Gasteiger partial charge in [0.15, 0.2) is 5.82 Å². The molecule has 0 spiro atoms. The van der Waals surface area contributed by atoms with Gasteiger partial charge in [0.2, 0.25) is 0 Å². The average Bonchev–Trinajstić information content (AvgIpc) is 2.85. The molecule has 0 fully saturated rings. The standard InChI is InChI=1S/C19H20N2O2/c1-13-10-11-15-16(12-13)21(18(22)23-19(2,3)4)17(20-15)14-8-6-5-7-9-14/h5-12H,1-4H3. The maximum atomic E-state index is 12.7. The molecule has 4 heteroatoms. The lowest BCUT2D eigenvalue weighted by molar-refractivity contribution is 0.0546. The Hall–Kier alpha value is -2.62. The molecule has 0 N–H and O–H groups in total. The minimum Gasteiger partial charge on any atom is -0.443 e. The summed E-state index contributed by atoms with van der Waals surface area (Å²) in [6.07, 6.45) is -0.413. The highest BCUT2D eigenvalue weighted by atomic mass is 16.6. The number of nitrogens with zero attached hydrogens (tertiary/aromatic N) is 2. The molecule has 4 nitrogen and oxygen atoms in total. The molecule has 0 radical (unpaired) electrons. The maximum Gasteiger partial charge on any atom is 0.420 e. The Bertz CT molecular complexity index is 858. The van der Waals surface area contributed by atoms with Crippen molar-refractivity contribution < 1.29 is 9.53 Å². The normalized spacial score (nSPS) is 11.7. The second-order valence-corrected chi connectivity index (χ2v) is 6.61. The number of benzene rings is 2. The van der Waals surface area contributed by atoms with Crippen LogP contribution in [-0.2, 0) is 4.74 Å². The van der Waals surface area contributed by atoms with Crippen molar-refractivity contribution in [1.82, 2.24) is 9.55 Å². The molecule has 118 valence electrons. The Balaban J connectivity index is 2.23. The summed E-state index contributed by atoms with van der Waals surface area (Å²) in [7, 11) is 0. The molecule has 0 bridgehead atoms. The van der Waals surface area contributed by atoms with Crippen LogP contribution in [0, 0.1) is 6.92 Å². The van der Waals surface area contributed by atoms with Crippen LogP contribution in [0.25, 0.3) is 22.4 Å². The quantitative estimate of drug-likeness (QED) is 0.649. The van der Waals surface area contributed by atoms with Crippen LogP contribution >= 0.6 is 0 Å². The number of fused-ring (bicyclic) bond motifs is 1. The average molecular weight is 308 g/mol. The van der Waals surface area contributed by atoms with E-state index in [-0.39, 0.29) is 0 Å². The summed E-state index contributed by atoms with van der Waals surface area (Å²) in [5.74, 6) is 0.598. The maximum absolute atomic E-state index is 12.7. The van der Waals surface area contributed by atoms with E-state index in [2.05, 4.69) is 4.98 Å². The van der Waals surface area contributed by atoms with Crippen molar-refractivity contribution in [3.63, 3.8) is 0 Å². The Morgan fingerprint density at radius 1 is 1.09 bits per heavy atom. The highest BCUT2D eigenvalue weighted by molar-refractivity contribution is 5.92. The van der Waals surface area contributed by atoms with Crippen molar-refractivity contribution >= 4 is 17.1 Å². The fourth-order valence-electron chi connectivity index (χ4n) is 2.46. The van der Waals surface area contributed by atoms with Crippen LogP contribution < -0.4 is 0 Å². The molecule has 1 heterocycles. The summed E-state index contributed by atoms with van der Waals surface area (Å²) in [5, 5.41) is 0. The number of ether oxygens (including phenoxy) is 1. The fourth-order valence-corrected chi connectivity index (χ4v) is 2.46. The summed E-state index contributed by atoms with van der Waals surface area (Å²) in [4.78, 5) is 17.4. The number of imidazole rings is 1. The van der Waals surface area contributed by atoms with Crippen molar-refractivity contribution in [2.24, 2.45) is 0 Å². The van der Waals surface area contributed by atoms with Crippen molar-refractivity contribution in [3.05, 3.63) is 54.1 Å². The van der Waals surface area contributed by atoms with E-state index in [0.717, 1.165) is 22.2 Å². The minimum atomic E-state index is -0.564. The van der Waals surface area contributed by atoms with E-state index >= 15 is 0 Å². The largest absolute Gasteiger partial charge is 0.443 e. The van der Waals surface area contributed by atoms with Crippen LogP contribution in [0.15, 0.2) is 48.5 Å². The number of hydrogen-bond donors (Lipinski definition) is 0. The third-order valence-corrected chi connectivity index (χ3v) is 3.42. The minimum absolute atomic E-state index is 0.413. The lowest BCUT2D eigenvalue weighted by Gasteiger charge is -2.20. The van der Waals surface area contributed by atoms with Crippen molar-refractivity contribution in [3.8, 4) is 11.4 Å². The predicted octanol–water partition coefficient (Wildman–Crippen LogP) is 4.79. The molecule has 3 rings (SSSR count). The van der Waals surface area contributed by atoms with Gasteiger partial charge in [-0.3, -0.25) is 0 Å². The SMILES string of the molecule is Cc1ccc2nc(-c3ccccc3)n(C(=O)OC(C)(C)C)c2c1. The van der Waals surface area contributed by atoms with Crippen molar-refractivity contribution in [2.75, 3.05) is 0 Å². The molecule has 23 heavy (non-hydrogen) atoms. The third-order valence-electron chi connectivity index (χ3n) is 3.42. The Kier molecular flexibility index (Phi) is 3.68. The fraction of sp³-hybridized carbons (Fsp3) is 0.263. The summed E-state index contributed by atoms with van der Waals surface area (Å²) in [5.41, 5.74) is 2.93. The van der Waals surface area contributed by atoms with Gasteiger partial charge in [-0.25, -0.2) is 14.3 Å². The molecule has 0 saturated carbocycles. The van der Waals surface area contributed by atoms with E-state index < -0.39 is 11.7 Å². The number of hydrogen-bond acceptors (Lipinski definition) is 3. The van der Waals surface area contributed by atoms with Crippen molar-refractivity contribution in [1.29, 1.82) is 0 Å². The summed E-state index contributed by atoms with van der Waals surface area (Å²) >= 11 is 0. The second kappa shape index (κ2) is 5.54. The molecule has 0 atom stereocenters. The van der Waals surface area contributed by atoms with Crippen LogP contribution in [0.1, 0.15) is 26.3 Å². The van der Waals surface area contributed by atoms with Gasteiger partial charge in [-0.1, -0.05) is 36.4 Å². The van der Waals surface area contributed by atoms with E-state index in [0.29, 0.717) is 5.82 Å². The monoisotopic (exact) mass is 308 g/mol. The number of aromatic nitrogens is 2. The number of aryl methyl sites for hydroxylation is 1. The first kappa shape index (κ1) is 15.3. The Labute approximate surface area is 135 Å². The summed E-state index contributed by atoms with van der Waals surface area (Å²) in [6, 6.07) is 15.6. The molecule has 0 aliphatic heterocycles. The zero-order valence-corrected chi connectivity index (χ0v) is 13.8. The molecule has 2 aromatic carbocycles. The topological polar surface area (TPSA) is 44.1 Å². The van der Waals surface area contributed by atoms with E-state index in [9.17, 15) is 4.79 Å². The van der Waals surface area contributed by atoms with Gasteiger partial charge in [0, 0.05) is 5.56 Å². The summed E-state index contributed by atoms with van der Waals surface area (Å²) in [6.45, 7) is 7.57. The van der Waals surface area contributed by atoms with Gasteiger partial charge >= 0.3 is 6.09 Å². The first-order chi connectivity index (χ1) is 10.8. The van der Waals surface area contributed by atoms with Gasteiger partial charge in [0.25, 0.3) is 0 Å². The van der Waals surface area contributed by atoms with E-state index in [4.69, 9.17) is 4.74 Å². The third kappa shape index (κ3) is 3.11. The zero-order valence-electron chi connectivity index (χ0n) is 13.8. The molecule has 0 saturated heterocycles. The van der Waals surface area contributed by atoms with Gasteiger partial charge in [0.1, 0.15) is 5.60 Å². The van der Waals surface area contributed by atoms with Gasteiger partial charge in [-0.05, 0) is 45.4 Å². The van der Waals surface area contributed by atoms with Gasteiger partial charge < -0.3 is 4.74 Å². The second-order valence-electron chi connectivity index (χ2n) is 6.61. The molecular formula is C19H20N2O2. The van der Waals surface area contributed by atoms with E-state index in [1.165, 1.54) is 0 Å². The van der Waals surface area contributed by atoms with Crippen molar-refractivity contribution in [2.45, 2.75) is 33.3 Å². The zero-order chi connectivity index (χ0) is 16.6. The van der Waals surface area contributed by atoms with Crippen LogP contribution in [0.5, 0.6) is 0 Å². The molecule has 1 aromatic heterocycles. The lowest BCUT2D eigenvalue weighted by Crippen LogP contribution is -2.27. The van der Waals surface area contributed by atoms with Crippen LogP contribution in [0.3, 0.4) is 0 Å². The van der Waals surface area contributed by atoms with Gasteiger partial charge in [0.05, 0.1) is 11.0 Å². The van der Waals surface area contributed by atoms with Crippen LogP contribution in [0.2, 0.25) is 0 Å². The lowest BCUT2D eigenvalue weighted by atomic mass is 10.2. The Morgan fingerprint density at radius 2 is 1.78 bits per heavy atom. The van der Waals surface area contributed by atoms with Gasteiger partial charge in [-0.15, -0.1) is 0 Å². The number of rotatable bonds is 1. The molecule has 0 aliphatic carbocycles. The predicted molar refractivity (Wildman–Crippen MR) is 91.5 cm³/mol. The molecule has 3 aromatic rings. The molecular weight excluding hydrogens is 288 g/mol. The van der Waals surface area contributed by atoms with E-state index in [1.54, 1.807) is 4.57 Å². The number of carbonyl (C=O) groups is 1. The smallest absolute Gasteiger partial charge is 0.420 e. The summed E-state index contributed by atoms with van der Waals surface area (Å²) < 4.78 is 7.13.